The number of nitrogens with zero attached hydrogens (tertiary/aromatic N) is 5. The maximum Gasteiger partial charge on any atom is 0.451 e. The first kappa shape index (κ1) is 21.3. The van der Waals surface area contributed by atoms with E-state index in [1.807, 2.05) is 11.1 Å². The van der Waals surface area contributed by atoms with Gasteiger partial charge in [-0.2, -0.15) is 17.9 Å². The quantitative estimate of drug-likeness (QED) is 0.562. The molecule has 2 aromatic rings. The molecule has 2 aliphatic heterocycles. The van der Waals surface area contributed by atoms with Gasteiger partial charge in [-0.3, -0.25) is 15.8 Å². The van der Waals surface area contributed by atoms with Crippen LogP contribution in [0.4, 0.5) is 24.7 Å². The van der Waals surface area contributed by atoms with Gasteiger partial charge in [-0.05, 0) is 50.3 Å². The molecule has 4 rings (SSSR count). The minimum Gasteiger partial charge on any atom is -0.370 e. The van der Waals surface area contributed by atoms with Crippen molar-refractivity contribution in [1.82, 2.24) is 14.8 Å². The Balaban J connectivity index is 1.68. The summed E-state index contributed by atoms with van der Waals surface area (Å²) in [6.07, 6.45) is 1.27. The Labute approximate surface area is 178 Å². The summed E-state index contributed by atoms with van der Waals surface area (Å²) in [5.74, 6) is -1.29. The second-order valence-corrected chi connectivity index (χ2v) is 8.20. The van der Waals surface area contributed by atoms with Crippen LogP contribution in [0.3, 0.4) is 0 Å². The van der Waals surface area contributed by atoms with Gasteiger partial charge in [-0.15, -0.1) is 5.10 Å². The van der Waals surface area contributed by atoms with Gasteiger partial charge in [-0.25, -0.2) is 0 Å². The van der Waals surface area contributed by atoms with Crippen LogP contribution in [-0.2, 0) is 13.0 Å². The molecule has 1 saturated heterocycles. The van der Waals surface area contributed by atoms with Gasteiger partial charge in [0.1, 0.15) is 0 Å². The van der Waals surface area contributed by atoms with Gasteiger partial charge < -0.3 is 9.80 Å². The third kappa shape index (κ3) is 4.03. The first-order valence-corrected chi connectivity index (χ1v) is 10.5. The van der Waals surface area contributed by atoms with E-state index in [0.717, 1.165) is 42.9 Å². The number of rotatable bonds is 2. The SMILES string of the molecule is Cc1c(N2CCc3ncc(N4CCCCC4)cc3C2)nn(C(=N)C(F)(F)F)c(=N)c1C. The monoisotopic (exact) mass is 433 g/mol. The Hall–Kier alpha value is -2.91. The molecule has 0 saturated carbocycles. The average molecular weight is 433 g/mol. The third-order valence-electron chi connectivity index (χ3n) is 6.19. The number of pyridine rings is 1. The molecule has 1 fully saturated rings. The van der Waals surface area contributed by atoms with Crippen LogP contribution >= 0.6 is 0 Å². The highest BCUT2D eigenvalue weighted by Crippen LogP contribution is 2.29. The zero-order valence-electron chi connectivity index (χ0n) is 17.7. The molecule has 0 aromatic carbocycles. The van der Waals surface area contributed by atoms with E-state index in [1.165, 1.54) is 6.42 Å². The van der Waals surface area contributed by atoms with Crippen molar-refractivity contribution in [2.75, 3.05) is 29.4 Å². The molecule has 2 N–H and O–H groups in total. The minimum absolute atomic E-state index is 0.372. The van der Waals surface area contributed by atoms with E-state index in [2.05, 4.69) is 21.0 Å². The first-order chi connectivity index (χ1) is 14.7. The van der Waals surface area contributed by atoms with Crippen molar-refractivity contribution in [3.8, 4) is 0 Å². The van der Waals surface area contributed by atoms with Crippen LogP contribution in [0.5, 0.6) is 0 Å². The lowest BCUT2D eigenvalue weighted by Crippen LogP contribution is -2.42. The number of hydrogen-bond acceptors (Lipinski definition) is 6. The molecule has 31 heavy (non-hydrogen) atoms. The van der Waals surface area contributed by atoms with Crippen molar-refractivity contribution in [3.63, 3.8) is 0 Å². The fourth-order valence-electron chi connectivity index (χ4n) is 4.23. The normalized spacial score (nSPS) is 16.9. The summed E-state index contributed by atoms with van der Waals surface area (Å²) >= 11 is 0. The van der Waals surface area contributed by atoms with E-state index < -0.39 is 17.5 Å². The lowest BCUT2D eigenvalue weighted by molar-refractivity contribution is -0.0632. The highest BCUT2D eigenvalue weighted by atomic mass is 19.4. The zero-order chi connectivity index (χ0) is 22.3. The summed E-state index contributed by atoms with van der Waals surface area (Å²) in [6, 6.07) is 2.13. The summed E-state index contributed by atoms with van der Waals surface area (Å²) in [5.41, 5.74) is 3.73. The molecular formula is C21H26F3N7. The molecule has 166 valence electrons. The second kappa shape index (κ2) is 7.97. The van der Waals surface area contributed by atoms with Gasteiger partial charge in [0.15, 0.2) is 11.3 Å². The number of anilines is 2. The van der Waals surface area contributed by atoms with Crippen LogP contribution in [0, 0.1) is 24.7 Å². The molecule has 0 spiro atoms. The molecule has 2 aromatic heterocycles. The predicted octanol–water partition coefficient (Wildman–Crippen LogP) is 3.32. The van der Waals surface area contributed by atoms with E-state index in [0.29, 0.717) is 41.1 Å². The van der Waals surface area contributed by atoms with E-state index in [4.69, 9.17) is 10.8 Å². The minimum atomic E-state index is -4.88. The van der Waals surface area contributed by atoms with Crippen LogP contribution in [-0.4, -0.2) is 46.4 Å². The highest BCUT2D eigenvalue weighted by Gasteiger charge is 2.38. The summed E-state index contributed by atoms with van der Waals surface area (Å²) < 4.78 is 39.8. The number of nitrogens with one attached hydrogen (secondary N) is 2. The van der Waals surface area contributed by atoms with Crippen molar-refractivity contribution >= 4 is 17.3 Å². The Kier molecular flexibility index (Phi) is 5.49. The summed E-state index contributed by atoms with van der Waals surface area (Å²) in [4.78, 5) is 8.90. The van der Waals surface area contributed by atoms with Crippen molar-refractivity contribution in [1.29, 1.82) is 10.8 Å². The van der Waals surface area contributed by atoms with Crippen LogP contribution < -0.4 is 15.3 Å². The van der Waals surface area contributed by atoms with Crippen LogP contribution in [0.15, 0.2) is 12.3 Å². The summed E-state index contributed by atoms with van der Waals surface area (Å²) in [6.45, 7) is 6.41. The molecule has 0 aliphatic carbocycles. The Morgan fingerprint density at radius 3 is 2.42 bits per heavy atom. The summed E-state index contributed by atoms with van der Waals surface area (Å²) in [7, 11) is 0. The van der Waals surface area contributed by atoms with Crippen molar-refractivity contribution in [2.24, 2.45) is 0 Å². The van der Waals surface area contributed by atoms with E-state index in [-0.39, 0.29) is 0 Å². The van der Waals surface area contributed by atoms with Gasteiger partial charge >= 0.3 is 6.18 Å². The van der Waals surface area contributed by atoms with Gasteiger partial charge in [0.2, 0.25) is 5.84 Å². The average Bonchev–Trinajstić information content (AvgIpc) is 2.76. The van der Waals surface area contributed by atoms with Crippen molar-refractivity contribution in [3.05, 3.63) is 40.1 Å². The molecule has 0 atom stereocenters. The molecule has 0 bridgehead atoms. The lowest BCUT2D eigenvalue weighted by atomic mass is 10.0. The summed E-state index contributed by atoms with van der Waals surface area (Å²) in [5, 5.41) is 19.6. The molecule has 0 amide bonds. The third-order valence-corrected chi connectivity index (χ3v) is 6.19. The molecule has 10 heteroatoms. The molecule has 0 radical (unpaired) electrons. The Bertz CT molecular complexity index is 1070. The Morgan fingerprint density at radius 2 is 1.74 bits per heavy atom. The fraction of sp³-hybridized carbons (Fsp3) is 0.524. The number of halogens is 3. The molecular weight excluding hydrogens is 407 g/mol. The number of hydrogen-bond donors (Lipinski definition) is 2. The number of aromatic nitrogens is 3. The maximum atomic E-state index is 13.1. The van der Waals surface area contributed by atoms with E-state index in [1.54, 1.807) is 13.8 Å². The number of alkyl halides is 3. The van der Waals surface area contributed by atoms with Gasteiger partial charge in [-0.1, -0.05) is 0 Å². The molecule has 7 nitrogen and oxygen atoms in total. The van der Waals surface area contributed by atoms with E-state index in [9.17, 15) is 13.2 Å². The van der Waals surface area contributed by atoms with Gasteiger partial charge in [0.05, 0.1) is 11.9 Å². The number of fused-ring (bicyclic) bond motifs is 1. The molecule has 4 heterocycles. The fourth-order valence-corrected chi connectivity index (χ4v) is 4.23. The van der Waals surface area contributed by atoms with Crippen LogP contribution in [0.2, 0.25) is 0 Å². The molecule has 2 aliphatic rings. The predicted molar refractivity (Wildman–Crippen MR) is 112 cm³/mol. The van der Waals surface area contributed by atoms with Crippen molar-refractivity contribution in [2.45, 2.75) is 52.3 Å². The van der Waals surface area contributed by atoms with Crippen LogP contribution in [0.1, 0.15) is 41.6 Å². The maximum absolute atomic E-state index is 13.1. The Morgan fingerprint density at radius 1 is 1.03 bits per heavy atom. The number of piperidine rings is 1. The van der Waals surface area contributed by atoms with Gasteiger partial charge in [0, 0.05) is 43.9 Å². The lowest BCUT2D eigenvalue weighted by Gasteiger charge is -2.33. The largest absolute Gasteiger partial charge is 0.451 e. The first-order valence-electron chi connectivity index (χ1n) is 10.5. The van der Waals surface area contributed by atoms with E-state index >= 15 is 0 Å². The standard InChI is InChI=1S/C21H26F3N7/c1-13-14(2)19(28-31(18(13)25)20(26)21(22,23)24)30-9-6-17-15(12-30)10-16(11-27-17)29-7-4-3-5-8-29/h10-11,25-26H,3-9,12H2,1-2H3. The van der Waals surface area contributed by atoms with Crippen LogP contribution in [0.25, 0.3) is 0 Å². The van der Waals surface area contributed by atoms with Crippen molar-refractivity contribution < 1.29 is 13.2 Å². The smallest absolute Gasteiger partial charge is 0.370 e. The topological polar surface area (TPSA) is 84.9 Å². The van der Waals surface area contributed by atoms with Gasteiger partial charge in [0.25, 0.3) is 0 Å². The highest BCUT2D eigenvalue weighted by molar-refractivity contribution is 5.86. The molecule has 0 unspecified atom stereocenters. The second-order valence-electron chi connectivity index (χ2n) is 8.20. The zero-order valence-corrected chi connectivity index (χ0v) is 17.7.